The Kier molecular flexibility index (Phi) is 9.03. The van der Waals surface area contributed by atoms with Crippen molar-refractivity contribution in [2.75, 3.05) is 5.88 Å². The van der Waals surface area contributed by atoms with E-state index >= 15 is 0 Å². The molecule has 0 aromatic carbocycles. The molecule has 0 aromatic rings. The highest BCUT2D eigenvalue weighted by atomic mass is 35.5. The van der Waals surface area contributed by atoms with Gasteiger partial charge in [0.15, 0.2) is 0 Å². The molecule has 0 N–H and O–H groups in total. The molecule has 8 heteroatoms. The van der Waals surface area contributed by atoms with E-state index in [1.54, 1.807) is 0 Å². The molecule has 0 heterocycles. The van der Waals surface area contributed by atoms with Crippen molar-refractivity contribution in [1.82, 2.24) is 0 Å². The molecule has 1 unspecified atom stereocenters. The second-order valence-corrected chi connectivity index (χ2v) is 7.37. The van der Waals surface area contributed by atoms with E-state index < -0.39 is 15.6 Å². The first-order valence-electron chi connectivity index (χ1n) is 4.09. The normalized spacial score (nSPS) is 15.2. The van der Waals surface area contributed by atoms with E-state index in [2.05, 4.69) is 11.6 Å². The van der Waals surface area contributed by atoms with Gasteiger partial charge in [-0.25, -0.2) is 0 Å². The van der Waals surface area contributed by atoms with Gasteiger partial charge >= 0.3 is 5.38 Å². The lowest BCUT2D eigenvalue weighted by Crippen LogP contribution is -2.34. The predicted molar refractivity (Wildman–Crippen MR) is 71.2 cm³/mol. The molecule has 0 rings (SSSR count). The minimum absolute atomic E-state index is 0.0363. The molecule has 0 nitrogen and oxygen atoms in total. The first-order valence-corrected chi connectivity index (χ1v) is 6.57. The van der Waals surface area contributed by atoms with Crippen LogP contribution in [0.5, 0.6) is 0 Å². The maximum absolute atomic E-state index is 11.9. The van der Waals surface area contributed by atoms with Gasteiger partial charge in [-0.3, -0.25) is 0 Å². The molecule has 0 fully saturated rings. The van der Waals surface area contributed by atoms with Gasteiger partial charge in [0.1, 0.15) is 0 Å². The number of halogens is 8. The molecule has 16 heavy (non-hydrogen) atoms. The van der Waals surface area contributed by atoms with Gasteiger partial charge in [-0.2, -0.15) is 8.78 Å². The standard InChI is InChI=1S/C5H10Cl2.C3H2Cl4F2/c1-4(6)5(2,3)7;4-1-2(5,6)3(7,8)9/h4H,1-3H3;1H2. The van der Waals surface area contributed by atoms with Crippen LogP contribution in [-0.2, 0) is 0 Å². The highest BCUT2D eigenvalue weighted by molar-refractivity contribution is 6.55. The van der Waals surface area contributed by atoms with Gasteiger partial charge < -0.3 is 0 Å². The molecule has 0 saturated heterocycles. The molecular formula is C8H12Cl6F2. The van der Waals surface area contributed by atoms with Crippen molar-refractivity contribution in [2.24, 2.45) is 0 Å². The van der Waals surface area contributed by atoms with Gasteiger partial charge in [0.05, 0.1) is 10.8 Å². The highest BCUT2D eigenvalue weighted by Gasteiger charge is 2.49. The second kappa shape index (κ2) is 7.25. The van der Waals surface area contributed by atoms with E-state index in [0.717, 1.165) is 0 Å². The molecule has 0 aromatic heterocycles. The lowest BCUT2D eigenvalue weighted by molar-refractivity contribution is 0.0835. The lowest BCUT2D eigenvalue weighted by Gasteiger charge is -2.20. The van der Waals surface area contributed by atoms with Crippen LogP contribution in [0.4, 0.5) is 8.78 Å². The fourth-order valence-corrected chi connectivity index (χ4v) is 0.379. The molecule has 0 amide bonds. The van der Waals surface area contributed by atoms with Crippen LogP contribution >= 0.6 is 69.6 Å². The largest absolute Gasteiger partial charge is 0.355 e. The summed E-state index contributed by atoms with van der Waals surface area (Å²) in [4.78, 5) is -0.262. The van der Waals surface area contributed by atoms with Crippen molar-refractivity contribution in [2.45, 2.75) is 40.7 Å². The molecule has 0 spiro atoms. The SMILES string of the molecule is CC(Cl)C(C)(C)Cl.FC(F)(Cl)C(Cl)(Cl)CCl. The van der Waals surface area contributed by atoms with Crippen LogP contribution in [0.1, 0.15) is 20.8 Å². The Balaban J connectivity index is 0. The van der Waals surface area contributed by atoms with Crippen molar-refractivity contribution in [3.05, 3.63) is 0 Å². The highest BCUT2D eigenvalue weighted by Crippen LogP contribution is 2.42. The van der Waals surface area contributed by atoms with Crippen LogP contribution in [0.2, 0.25) is 0 Å². The Morgan fingerprint density at radius 2 is 1.31 bits per heavy atom. The van der Waals surface area contributed by atoms with Crippen LogP contribution in [0.3, 0.4) is 0 Å². The molecule has 100 valence electrons. The monoisotopic (exact) mass is 356 g/mol. The minimum atomic E-state index is -3.68. The number of alkyl halides is 8. The first-order chi connectivity index (χ1) is 6.75. The third-order valence-electron chi connectivity index (χ3n) is 1.53. The smallest absolute Gasteiger partial charge is 0.185 e. The summed E-state index contributed by atoms with van der Waals surface area (Å²) in [5.74, 6) is -0.618. The van der Waals surface area contributed by atoms with Crippen LogP contribution in [-0.4, -0.2) is 25.8 Å². The average Bonchev–Trinajstić information content (AvgIpc) is 2.01. The third-order valence-corrected chi connectivity index (χ3v) is 4.45. The summed E-state index contributed by atoms with van der Waals surface area (Å²) in [6.07, 6.45) is 0. The predicted octanol–water partition coefficient (Wildman–Crippen LogP) is 5.86. The maximum atomic E-state index is 11.9. The van der Waals surface area contributed by atoms with E-state index in [9.17, 15) is 8.78 Å². The molecule has 0 aliphatic heterocycles. The number of rotatable bonds is 3. The fourth-order valence-electron chi connectivity index (χ4n) is 0.0758. The Hall–Kier alpha value is 1.60. The minimum Gasteiger partial charge on any atom is -0.185 e. The zero-order chi connectivity index (χ0) is 13.8. The summed E-state index contributed by atoms with van der Waals surface area (Å²) >= 11 is 30.6. The summed E-state index contributed by atoms with van der Waals surface area (Å²) in [6, 6.07) is 0. The zero-order valence-electron chi connectivity index (χ0n) is 8.81. The molecule has 0 aliphatic rings. The van der Waals surface area contributed by atoms with Crippen molar-refractivity contribution in [1.29, 1.82) is 0 Å². The van der Waals surface area contributed by atoms with Crippen molar-refractivity contribution in [3.8, 4) is 0 Å². The van der Waals surface area contributed by atoms with Gasteiger partial charge in [-0.05, 0) is 32.4 Å². The molecule has 1 atom stereocenters. The third kappa shape index (κ3) is 8.66. The summed E-state index contributed by atoms with van der Waals surface area (Å²) < 4.78 is 21.5. The molecular weight excluding hydrogens is 347 g/mol. The first kappa shape index (κ1) is 19.9. The summed E-state index contributed by atoms with van der Waals surface area (Å²) in [5, 5.41) is -3.65. The Bertz CT molecular complexity index is 194. The summed E-state index contributed by atoms with van der Waals surface area (Å²) in [7, 11) is 0. The quantitative estimate of drug-likeness (QED) is 0.554. The Morgan fingerprint density at radius 1 is 1.06 bits per heavy atom. The van der Waals surface area contributed by atoms with Crippen molar-refractivity contribution in [3.63, 3.8) is 0 Å². The van der Waals surface area contributed by atoms with E-state index in [0.29, 0.717) is 0 Å². The van der Waals surface area contributed by atoms with Gasteiger partial charge in [0.25, 0.3) is 0 Å². The lowest BCUT2D eigenvalue weighted by atomic mass is 10.1. The molecule has 0 radical (unpaired) electrons. The van der Waals surface area contributed by atoms with E-state index in [-0.39, 0.29) is 10.3 Å². The van der Waals surface area contributed by atoms with Crippen LogP contribution < -0.4 is 0 Å². The fraction of sp³-hybridized carbons (Fsp3) is 1.00. The van der Waals surface area contributed by atoms with Crippen LogP contribution in [0, 0.1) is 0 Å². The summed E-state index contributed by atoms with van der Waals surface area (Å²) in [5.41, 5.74) is 0. The molecule has 0 aliphatic carbocycles. The topological polar surface area (TPSA) is 0 Å². The second-order valence-electron chi connectivity index (χ2n) is 3.52. The van der Waals surface area contributed by atoms with E-state index in [1.165, 1.54) is 0 Å². The molecule has 0 bridgehead atoms. The Morgan fingerprint density at radius 3 is 1.31 bits per heavy atom. The van der Waals surface area contributed by atoms with Gasteiger partial charge in [0.2, 0.25) is 4.33 Å². The average molecular weight is 359 g/mol. The Labute approximate surface area is 124 Å². The van der Waals surface area contributed by atoms with E-state index in [4.69, 9.17) is 58.0 Å². The van der Waals surface area contributed by atoms with Crippen LogP contribution in [0.25, 0.3) is 0 Å². The van der Waals surface area contributed by atoms with Gasteiger partial charge in [-0.1, -0.05) is 23.2 Å². The number of hydrogen-bond acceptors (Lipinski definition) is 0. The van der Waals surface area contributed by atoms with Gasteiger partial charge in [0, 0.05) is 5.38 Å². The maximum Gasteiger partial charge on any atom is 0.355 e. The van der Waals surface area contributed by atoms with Crippen molar-refractivity contribution >= 4 is 69.6 Å². The zero-order valence-corrected chi connectivity index (χ0v) is 13.3. The van der Waals surface area contributed by atoms with Crippen molar-refractivity contribution < 1.29 is 8.78 Å². The summed E-state index contributed by atoms with van der Waals surface area (Å²) in [6.45, 7) is 5.67. The molecule has 0 saturated carbocycles. The van der Waals surface area contributed by atoms with Gasteiger partial charge in [-0.15, -0.1) is 34.8 Å². The van der Waals surface area contributed by atoms with E-state index in [1.807, 2.05) is 20.8 Å². The van der Waals surface area contributed by atoms with Crippen LogP contribution in [0.15, 0.2) is 0 Å². The number of hydrogen-bond donors (Lipinski definition) is 0.